The van der Waals surface area contributed by atoms with E-state index in [9.17, 15) is 0 Å². The Morgan fingerprint density at radius 1 is 1.24 bits per heavy atom. The van der Waals surface area contributed by atoms with Crippen LogP contribution in [0, 0.1) is 0 Å². The fourth-order valence-corrected chi connectivity index (χ4v) is 2.65. The maximum Gasteiger partial charge on any atom is 0.0673 e. The molecule has 1 aromatic rings. The van der Waals surface area contributed by atoms with Gasteiger partial charge in [-0.3, -0.25) is 4.90 Å². The van der Waals surface area contributed by atoms with Crippen LogP contribution >= 0.6 is 0 Å². The fraction of sp³-hybridized carbons (Fsp3) is 0.556. The highest BCUT2D eigenvalue weighted by molar-refractivity contribution is 5.27. The molecule has 0 fully saturated rings. The zero-order valence-electron chi connectivity index (χ0n) is 13.6. The average molecular weight is 288 g/mol. The van der Waals surface area contributed by atoms with Gasteiger partial charge in [0.05, 0.1) is 6.61 Å². The third kappa shape index (κ3) is 5.27. The molecule has 0 aromatic heterocycles. The lowest BCUT2D eigenvalue weighted by Crippen LogP contribution is -2.30. The molecule has 0 spiro atoms. The van der Waals surface area contributed by atoms with E-state index in [0.717, 1.165) is 39.2 Å². The topological polar surface area (TPSA) is 24.5 Å². The number of rotatable bonds is 7. The van der Waals surface area contributed by atoms with Crippen LogP contribution in [0.3, 0.4) is 0 Å². The first-order valence-electron chi connectivity index (χ1n) is 7.88. The third-order valence-corrected chi connectivity index (χ3v) is 3.93. The molecule has 116 valence electrons. The summed E-state index contributed by atoms with van der Waals surface area (Å²) in [6.07, 6.45) is 3.45. The van der Waals surface area contributed by atoms with E-state index in [1.807, 2.05) is 0 Å². The first kappa shape index (κ1) is 16.2. The summed E-state index contributed by atoms with van der Waals surface area (Å²) in [6.45, 7) is 9.30. The number of benzene rings is 1. The molecule has 1 aliphatic rings. The second-order valence-corrected chi connectivity index (χ2v) is 6.08. The van der Waals surface area contributed by atoms with Gasteiger partial charge in [-0.25, -0.2) is 0 Å². The molecule has 1 N–H and O–H groups in total. The minimum absolute atomic E-state index is 0.521. The van der Waals surface area contributed by atoms with Crippen LogP contribution in [0.5, 0.6) is 0 Å². The van der Waals surface area contributed by atoms with Gasteiger partial charge in [0, 0.05) is 39.3 Å². The van der Waals surface area contributed by atoms with Crippen molar-refractivity contribution in [3.8, 4) is 0 Å². The Morgan fingerprint density at radius 3 is 2.62 bits per heavy atom. The van der Waals surface area contributed by atoms with E-state index in [4.69, 9.17) is 4.74 Å². The smallest absolute Gasteiger partial charge is 0.0673 e. The quantitative estimate of drug-likeness (QED) is 0.781. The van der Waals surface area contributed by atoms with E-state index in [1.165, 1.54) is 16.7 Å². The Hall–Kier alpha value is -1.16. The summed E-state index contributed by atoms with van der Waals surface area (Å²) in [5.74, 6) is 0. The van der Waals surface area contributed by atoms with E-state index < -0.39 is 0 Å². The zero-order chi connectivity index (χ0) is 15.1. The standard InChI is InChI=1S/C18H28N2O/c1-15(2)19-12-17-6-4-5-7-18(17)13-20-10-8-16(9-11-20)14-21-3/h4-8,15,19H,9-14H2,1-3H3. The first-order chi connectivity index (χ1) is 10.2. The number of nitrogens with one attached hydrogen (secondary N) is 1. The minimum atomic E-state index is 0.521. The normalized spacial score (nSPS) is 16.3. The maximum absolute atomic E-state index is 5.21. The van der Waals surface area contributed by atoms with Crippen molar-refractivity contribution in [3.63, 3.8) is 0 Å². The highest BCUT2D eigenvalue weighted by Gasteiger charge is 2.13. The SMILES string of the molecule is COCC1=CCN(Cc2ccccc2CNC(C)C)CC1. The zero-order valence-corrected chi connectivity index (χ0v) is 13.6. The highest BCUT2D eigenvalue weighted by atomic mass is 16.5. The molecule has 1 aliphatic heterocycles. The number of ether oxygens (including phenoxy) is 1. The van der Waals surface area contributed by atoms with E-state index in [-0.39, 0.29) is 0 Å². The molecule has 0 atom stereocenters. The Morgan fingerprint density at radius 2 is 2.00 bits per heavy atom. The van der Waals surface area contributed by atoms with Crippen LogP contribution in [0.2, 0.25) is 0 Å². The first-order valence-corrected chi connectivity index (χ1v) is 7.88. The molecule has 0 radical (unpaired) electrons. The van der Waals surface area contributed by atoms with Crippen LogP contribution in [-0.4, -0.2) is 37.7 Å². The second kappa shape index (κ2) is 8.32. The van der Waals surface area contributed by atoms with Crippen molar-refractivity contribution in [2.45, 2.75) is 39.4 Å². The van der Waals surface area contributed by atoms with Gasteiger partial charge in [0.2, 0.25) is 0 Å². The van der Waals surface area contributed by atoms with Gasteiger partial charge in [-0.15, -0.1) is 0 Å². The number of hydrogen-bond acceptors (Lipinski definition) is 3. The fourth-order valence-electron chi connectivity index (χ4n) is 2.65. The molecule has 0 aliphatic carbocycles. The van der Waals surface area contributed by atoms with Crippen LogP contribution in [0.1, 0.15) is 31.4 Å². The minimum Gasteiger partial charge on any atom is -0.380 e. The van der Waals surface area contributed by atoms with Crippen molar-refractivity contribution in [2.75, 3.05) is 26.8 Å². The molecule has 1 aromatic carbocycles. The highest BCUT2D eigenvalue weighted by Crippen LogP contribution is 2.16. The van der Waals surface area contributed by atoms with E-state index in [1.54, 1.807) is 7.11 Å². The summed E-state index contributed by atoms with van der Waals surface area (Å²) in [4.78, 5) is 2.51. The summed E-state index contributed by atoms with van der Waals surface area (Å²) in [5.41, 5.74) is 4.29. The van der Waals surface area contributed by atoms with Gasteiger partial charge in [0.1, 0.15) is 0 Å². The summed E-state index contributed by atoms with van der Waals surface area (Å²) >= 11 is 0. The molecule has 0 saturated carbocycles. The van der Waals surface area contributed by atoms with Crippen molar-refractivity contribution in [3.05, 3.63) is 47.0 Å². The molecule has 3 heteroatoms. The van der Waals surface area contributed by atoms with Gasteiger partial charge in [-0.05, 0) is 23.1 Å². The lowest BCUT2D eigenvalue weighted by Gasteiger charge is -2.27. The van der Waals surface area contributed by atoms with Crippen LogP contribution in [0.15, 0.2) is 35.9 Å². The Kier molecular flexibility index (Phi) is 6.43. The van der Waals surface area contributed by atoms with Gasteiger partial charge in [0.15, 0.2) is 0 Å². The Balaban J connectivity index is 1.94. The molecule has 0 amide bonds. The van der Waals surface area contributed by atoms with Gasteiger partial charge in [-0.1, -0.05) is 44.2 Å². The van der Waals surface area contributed by atoms with Crippen LogP contribution in [0.25, 0.3) is 0 Å². The van der Waals surface area contributed by atoms with Crippen molar-refractivity contribution in [2.24, 2.45) is 0 Å². The molecule has 0 unspecified atom stereocenters. The van der Waals surface area contributed by atoms with Crippen molar-refractivity contribution < 1.29 is 4.74 Å². The number of methoxy groups -OCH3 is 1. The lowest BCUT2D eigenvalue weighted by molar-refractivity contribution is 0.210. The largest absolute Gasteiger partial charge is 0.380 e. The molecular weight excluding hydrogens is 260 g/mol. The second-order valence-electron chi connectivity index (χ2n) is 6.08. The maximum atomic E-state index is 5.21. The molecular formula is C18H28N2O. The van der Waals surface area contributed by atoms with Gasteiger partial charge < -0.3 is 10.1 Å². The predicted octanol–water partition coefficient (Wildman–Crippen LogP) is 2.96. The van der Waals surface area contributed by atoms with Gasteiger partial charge >= 0.3 is 0 Å². The molecule has 0 saturated heterocycles. The summed E-state index contributed by atoms with van der Waals surface area (Å²) in [5, 5.41) is 3.52. The number of hydrogen-bond donors (Lipinski definition) is 1. The Labute approximate surface area is 129 Å². The summed E-state index contributed by atoms with van der Waals surface area (Å²) in [6, 6.07) is 9.29. The van der Waals surface area contributed by atoms with E-state index in [0.29, 0.717) is 6.04 Å². The molecule has 2 rings (SSSR count). The van der Waals surface area contributed by atoms with Crippen molar-refractivity contribution in [1.29, 1.82) is 0 Å². The average Bonchev–Trinajstić information content (AvgIpc) is 2.48. The summed E-state index contributed by atoms with van der Waals surface area (Å²) in [7, 11) is 1.77. The predicted molar refractivity (Wildman–Crippen MR) is 88.3 cm³/mol. The van der Waals surface area contributed by atoms with Crippen LogP contribution in [-0.2, 0) is 17.8 Å². The Bertz CT molecular complexity index is 468. The van der Waals surface area contributed by atoms with Gasteiger partial charge in [0.25, 0.3) is 0 Å². The lowest BCUT2D eigenvalue weighted by atomic mass is 10.0. The number of nitrogens with zero attached hydrogens (tertiary/aromatic N) is 1. The monoisotopic (exact) mass is 288 g/mol. The molecule has 0 bridgehead atoms. The summed E-state index contributed by atoms with van der Waals surface area (Å²) < 4.78 is 5.21. The molecule has 1 heterocycles. The molecule has 3 nitrogen and oxygen atoms in total. The van der Waals surface area contributed by atoms with E-state index in [2.05, 4.69) is 54.4 Å². The van der Waals surface area contributed by atoms with Crippen LogP contribution in [0.4, 0.5) is 0 Å². The van der Waals surface area contributed by atoms with Crippen molar-refractivity contribution >= 4 is 0 Å². The van der Waals surface area contributed by atoms with Crippen LogP contribution < -0.4 is 5.32 Å². The van der Waals surface area contributed by atoms with E-state index >= 15 is 0 Å². The van der Waals surface area contributed by atoms with Gasteiger partial charge in [-0.2, -0.15) is 0 Å². The van der Waals surface area contributed by atoms with Crippen molar-refractivity contribution in [1.82, 2.24) is 10.2 Å². The third-order valence-electron chi connectivity index (χ3n) is 3.93. The molecule has 21 heavy (non-hydrogen) atoms.